The van der Waals surface area contributed by atoms with Crippen LogP contribution < -0.4 is 4.90 Å². The van der Waals surface area contributed by atoms with E-state index in [0.717, 1.165) is 24.2 Å². The smallest absolute Gasteiger partial charge is 0.251 e. The Bertz CT molecular complexity index is 678. The van der Waals surface area contributed by atoms with Crippen LogP contribution in [0.3, 0.4) is 0 Å². The molecular formula is C17H14ClNO. The lowest BCUT2D eigenvalue weighted by Gasteiger charge is -2.14. The first-order valence-electron chi connectivity index (χ1n) is 6.57. The molecule has 1 aliphatic rings. The summed E-state index contributed by atoms with van der Waals surface area (Å²) in [6.07, 6.45) is 4.33. The number of halogens is 1. The van der Waals surface area contributed by atoms with Gasteiger partial charge in [-0.3, -0.25) is 4.79 Å². The van der Waals surface area contributed by atoms with Gasteiger partial charge in [0.2, 0.25) is 0 Å². The number of amides is 1. The molecule has 0 aliphatic carbocycles. The number of hydrogen-bond acceptors (Lipinski definition) is 1. The summed E-state index contributed by atoms with van der Waals surface area (Å²) in [7, 11) is 0. The quantitative estimate of drug-likeness (QED) is 0.765. The van der Waals surface area contributed by atoms with Crippen LogP contribution in [0.25, 0.3) is 6.08 Å². The summed E-state index contributed by atoms with van der Waals surface area (Å²) < 4.78 is 0. The Morgan fingerprint density at radius 1 is 1.15 bits per heavy atom. The van der Waals surface area contributed by atoms with Gasteiger partial charge in [0.05, 0.1) is 0 Å². The van der Waals surface area contributed by atoms with Gasteiger partial charge in [0.15, 0.2) is 0 Å². The molecule has 0 saturated carbocycles. The third-order valence-corrected chi connectivity index (χ3v) is 3.66. The Labute approximate surface area is 123 Å². The van der Waals surface area contributed by atoms with Crippen LogP contribution in [0.2, 0.25) is 5.02 Å². The number of rotatable bonds is 2. The number of anilines is 1. The SMILES string of the molecule is O=C(/C=C/c1cccc(Cl)c1)N1CCc2ccccc21. The minimum atomic E-state index is 0.00919. The number of nitrogens with zero attached hydrogens (tertiary/aromatic N) is 1. The van der Waals surface area contributed by atoms with Crippen molar-refractivity contribution >= 4 is 29.3 Å². The predicted molar refractivity (Wildman–Crippen MR) is 83.0 cm³/mol. The van der Waals surface area contributed by atoms with Gasteiger partial charge in [-0.25, -0.2) is 0 Å². The van der Waals surface area contributed by atoms with Gasteiger partial charge in [0.25, 0.3) is 5.91 Å². The van der Waals surface area contributed by atoms with Crippen LogP contribution in [-0.4, -0.2) is 12.5 Å². The van der Waals surface area contributed by atoms with E-state index >= 15 is 0 Å². The first kappa shape index (κ1) is 12.9. The fourth-order valence-electron chi connectivity index (χ4n) is 2.43. The predicted octanol–water partition coefficient (Wildman–Crippen LogP) is 3.94. The molecule has 20 heavy (non-hydrogen) atoms. The van der Waals surface area contributed by atoms with E-state index in [1.165, 1.54) is 5.56 Å². The molecule has 1 amide bonds. The molecule has 0 saturated heterocycles. The molecule has 3 rings (SSSR count). The van der Waals surface area contributed by atoms with Crippen LogP contribution in [0.5, 0.6) is 0 Å². The molecular weight excluding hydrogens is 270 g/mol. The number of fused-ring (bicyclic) bond motifs is 1. The van der Waals surface area contributed by atoms with Gasteiger partial charge < -0.3 is 4.90 Å². The van der Waals surface area contributed by atoms with Crippen LogP contribution in [0.1, 0.15) is 11.1 Å². The number of carbonyl (C=O) groups is 1. The highest BCUT2D eigenvalue weighted by molar-refractivity contribution is 6.30. The summed E-state index contributed by atoms with van der Waals surface area (Å²) in [5.41, 5.74) is 3.18. The fourth-order valence-corrected chi connectivity index (χ4v) is 2.63. The van der Waals surface area contributed by atoms with Gasteiger partial charge in [-0.2, -0.15) is 0 Å². The van der Waals surface area contributed by atoms with Gasteiger partial charge in [-0.05, 0) is 41.8 Å². The molecule has 100 valence electrons. The molecule has 0 atom stereocenters. The molecule has 2 nitrogen and oxygen atoms in total. The van der Waals surface area contributed by atoms with Gasteiger partial charge in [-0.1, -0.05) is 41.9 Å². The second kappa shape index (κ2) is 5.51. The molecule has 0 spiro atoms. The first-order chi connectivity index (χ1) is 9.74. The lowest BCUT2D eigenvalue weighted by molar-refractivity contribution is -0.114. The van der Waals surface area contributed by atoms with E-state index in [1.807, 2.05) is 47.4 Å². The van der Waals surface area contributed by atoms with Gasteiger partial charge in [0, 0.05) is 23.3 Å². The Morgan fingerprint density at radius 2 is 2.00 bits per heavy atom. The van der Waals surface area contributed by atoms with Crippen LogP contribution in [0, 0.1) is 0 Å². The summed E-state index contributed by atoms with van der Waals surface area (Å²) in [5.74, 6) is 0.00919. The average Bonchev–Trinajstić information content (AvgIpc) is 2.89. The number of benzene rings is 2. The molecule has 0 N–H and O–H groups in total. The largest absolute Gasteiger partial charge is 0.308 e. The Hall–Kier alpha value is -2.06. The normalized spacial score (nSPS) is 13.8. The van der Waals surface area contributed by atoms with Gasteiger partial charge in [-0.15, -0.1) is 0 Å². The lowest BCUT2D eigenvalue weighted by Crippen LogP contribution is -2.26. The van der Waals surface area contributed by atoms with E-state index in [-0.39, 0.29) is 5.91 Å². The van der Waals surface area contributed by atoms with Crippen LogP contribution in [-0.2, 0) is 11.2 Å². The van der Waals surface area contributed by atoms with Crippen molar-refractivity contribution in [3.05, 3.63) is 70.8 Å². The van der Waals surface area contributed by atoms with E-state index in [4.69, 9.17) is 11.6 Å². The maximum Gasteiger partial charge on any atom is 0.251 e. The van der Waals surface area contributed by atoms with Crippen molar-refractivity contribution in [1.82, 2.24) is 0 Å². The molecule has 0 fully saturated rings. The Kier molecular flexibility index (Phi) is 3.57. The maximum atomic E-state index is 12.3. The summed E-state index contributed by atoms with van der Waals surface area (Å²) in [6, 6.07) is 15.5. The summed E-state index contributed by atoms with van der Waals surface area (Å²) in [5, 5.41) is 0.672. The lowest BCUT2D eigenvalue weighted by atomic mass is 10.2. The minimum Gasteiger partial charge on any atom is -0.308 e. The topological polar surface area (TPSA) is 20.3 Å². The van der Waals surface area contributed by atoms with Crippen molar-refractivity contribution in [3.8, 4) is 0 Å². The van der Waals surface area contributed by atoms with E-state index in [9.17, 15) is 4.79 Å². The third kappa shape index (κ3) is 2.61. The zero-order chi connectivity index (χ0) is 13.9. The zero-order valence-electron chi connectivity index (χ0n) is 10.9. The highest BCUT2D eigenvalue weighted by Crippen LogP contribution is 2.27. The molecule has 2 aromatic carbocycles. The number of hydrogen-bond donors (Lipinski definition) is 0. The zero-order valence-corrected chi connectivity index (χ0v) is 11.7. The number of carbonyl (C=O) groups excluding carboxylic acids is 1. The second-order valence-electron chi connectivity index (χ2n) is 4.76. The van der Waals surface area contributed by atoms with Gasteiger partial charge in [0.1, 0.15) is 0 Å². The minimum absolute atomic E-state index is 0.00919. The molecule has 3 heteroatoms. The van der Waals surface area contributed by atoms with Crippen molar-refractivity contribution in [2.45, 2.75) is 6.42 Å². The fraction of sp³-hybridized carbons (Fsp3) is 0.118. The molecule has 1 heterocycles. The van der Waals surface area contributed by atoms with Crippen molar-refractivity contribution in [1.29, 1.82) is 0 Å². The molecule has 0 bridgehead atoms. The van der Waals surface area contributed by atoms with Crippen LogP contribution in [0.15, 0.2) is 54.6 Å². The molecule has 0 unspecified atom stereocenters. The van der Waals surface area contributed by atoms with E-state index in [0.29, 0.717) is 5.02 Å². The van der Waals surface area contributed by atoms with Crippen molar-refractivity contribution in [3.63, 3.8) is 0 Å². The average molecular weight is 284 g/mol. The summed E-state index contributed by atoms with van der Waals surface area (Å²) in [6.45, 7) is 0.748. The third-order valence-electron chi connectivity index (χ3n) is 3.42. The summed E-state index contributed by atoms with van der Waals surface area (Å²) in [4.78, 5) is 14.1. The summed E-state index contributed by atoms with van der Waals surface area (Å²) >= 11 is 5.92. The van der Waals surface area contributed by atoms with Crippen LogP contribution >= 0.6 is 11.6 Å². The van der Waals surface area contributed by atoms with Crippen LogP contribution in [0.4, 0.5) is 5.69 Å². The van der Waals surface area contributed by atoms with E-state index in [2.05, 4.69) is 6.07 Å². The van der Waals surface area contributed by atoms with Crippen molar-refractivity contribution in [2.24, 2.45) is 0 Å². The number of para-hydroxylation sites is 1. The maximum absolute atomic E-state index is 12.3. The van der Waals surface area contributed by atoms with E-state index in [1.54, 1.807) is 12.2 Å². The Balaban J connectivity index is 1.78. The van der Waals surface area contributed by atoms with E-state index < -0.39 is 0 Å². The van der Waals surface area contributed by atoms with Gasteiger partial charge >= 0.3 is 0 Å². The first-order valence-corrected chi connectivity index (χ1v) is 6.95. The molecule has 0 aromatic heterocycles. The highest BCUT2D eigenvalue weighted by Gasteiger charge is 2.22. The second-order valence-corrected chi connectivity index (χ2v) is 5.19. The molecule has 1 aliphatic heterocycles. The highest BCUT2D eigenvalue weighted by atomic mass is 35.5. The molecule has 0 radical (unpaired) electrons. The Morgan fingerprint density at radius 3 is 2.85 bits per heavy atom. The van der Waals surface area contributed by atoms with Crippen molar-refractivity contribution < 1.29 is 4.79 Å². The molecule has 2 aromatic rings. The monoisotopic (exact) mass is 283 g/mol. The standard InChI is InChI=1S/C17H14ClNO/c18-15-6-3-4-13(12-15)8-9-17(20)19-11-10-14-5-1-2-7-16(14)19/h1-9,12H,10-11H2/b9-8+. The van der Waals surface area contributed by atoms with Crippen molar-refractivity contribution in [2.75, 3.05) is 11.4 Å².